The molecule has 4 aromatic rings. The number of benzene rings is 3. The van der Waals surface area contributed by atoms with E-state index in [1.165, 1.54) is 41.3 Å². The summed E-state index contributed by atoms with van der Waals surface area (Å²) in [6.45, 7) is 7.43. The highest BCUT2D eigenvalue weighted by molar-refractivity contribution is 8.00. The maximum Gasteiger partial charge on any atom is 0.573 e. The molecule has 1 saturated heterocycles. The second-order valence-corrected chi connectivity index (χ2v) is 12.6. The Labute approximate surface area is 269 Å². The van der Waals surface area contributed by atoms with Gasteiger partial charge in [0.05, 0.1) is 5.69 Å². The Morgan fingerprint density at radius 1 is 1.07 bits per heavy atom. The van der Waals surface area contributed by atoms with Crippen LogP contribution < -0.4 is 20.3 Å². The fourth-order valence-electron chi connectivity index (χ4n) is 5.27. The molecule has 0 aliphatic carbocycles. The third-order valence-electron chi connectivity index (χ3n) is 7.71. The number of ether oxygens (including phenoxy) is 1. The van der Waals surface area contributed by atoms with Crippen LogP contribution in [0.25, 0.3) is 17.1 Å². The van der Waals surface area contributed by atoms with Crippen molar-refractivity contribution in [3.8, 4) is 22.8 Å². The first-order valence-corrected chi connectivity index (χ1v) is 16.1. The number of urea groups is 1. The molecule has 0 spiro atoms. The van der Waals surface area contributed by atoms with Crippen LogP contribution in [0.3, 0.4) is 0 Å². The van der Waals surface area contributed by atoms with Gasteiger partial charge in [0, 0.05) is 24.3 Å². The molecule has 2 N–H and O–H groups in total. The van der Waals surface area contributed by atoms with Gasteiger partial charge in [-0.05, 0) is 84.0 Å². The van der Waals surface area contributed by atoms with Gasteiger partial charge in [0.1, 0.15) is 17.9 Å². The summed E-state index contributed by atoms with van der Waals surface area (Å²) in [5, 5.41) is 10.5. The minimum atomic E-state index is -4.75. The second kappa shape index (κ2) is 14.4. The number of rotatable bonds is 10. The van der Waals surface area contributed by atoms with Crippen molar-refractivity contribution in [2.24, 2.45) is 0 Å². The van der Waals surface area contributed by atoms with E-state index >= 15 is 0 Å². The lowest BCUT2D eigenvalue weighted by Crippen LogP contribution is -2.52. The molecule has 2 amide bonds. The van der Waals surface area contributed by atoms with Crippen LogP contribution in [0.1, 0.15) is 56.6 Å². The van der Waals surface area contributed by atoms with Gasteiger partial charge in [0.25, 0.3) is 0 Å². The fourth-order valence-corrected chi connectivity index (χ4v) is 6.37. The molecule has 1 aliphatic heterocycles. The Balaban J connectivity index is 1.12. The van der Waals surface area contributed by atoms with Gasteiger partial charge in [0.15, 0.2) is 11.3 Å². The van der Waals surface area contributed by atoms with Crippen LogP contribution in [0, 0.1) is 5.82 Å². The van der Waals surface area contributed by atoms with Crippen molar-refractivity contribution in [3.63, 3.8) is 0 Å². The van der Waals surface area contributed by atoms with E-state index in [-0.39, 0.29) is 34.9 Å². The van der Waals surface area contributed by atoms with Gasteiger partial charge in [-0.25, -0.2) is 18.9 Å². The second-order valence-electron chi connectivity index (χ2n) is 11.4. The Bertz CT molecular complexity index is 1610. The molecule has 8 nitrogen and oxygen atoms in total. The maximum atomic E-state index is 14.0. The van der Waals surface area contributed by atoms with Crippen LogP contribution in [0.15, 0.2) is 73.1 Å². The van der Waals surface area contributed by atoms with Crippen molar-refractivity contribution in [3.05, 3.63) is 90.0 Å². The number of hydrogen-bond acceptors (Lipinski definition) is 6. The van der Waals surface area contributed by atoms with E-state index in [0.29, 0.717) is 18.1 Å². The molecule has 1 fully saturated rings. The number of anilines is 1. The van der Waals surface area contributed by atoms with E-state index < -0.39 is 6.36 Å². The van der Waals surface area contributed by atoms with Gasteiger partial charge in [0.2, 0.25) is 0 Å². The average molecular weight is 657 g/mol. The topological polar surface area (TPSA) is 84.3 Å². The number of carbonyl (C=O) groups is 1. The van der Waals surface area contributed by atoms with E-state index in [4.69, 9.17) is 0 Å². The molecule has 0 saturated carbocycles. The third kappa shape index (κ3) is 8.51. The van der Waals surface area contributed by atoms with Crippen molar-refractivity contribution in [1.82, 2.24) is 25.4 Å². The summed E-state index contributed by atoms with van der Waals surface area (Å²) in [6.07, 6.45) is -1.55. The highest BCUT2D eigenvalue weighted by atomic mass is 32.2. The van der Waals surface area contributed by atoms with Gasteiger partial charge in [-0.2, -0.15) is 0 Å². The van der Waals surface area contributed by atoms with Gasteiger partial charge in [-0.3, -0.25) is 0 Å². The SMILES string of the molecule is CC(C)c1cc(F)ccc1N1CCCSC1NC(=O)NCCC(C)c1ccc(-c2ncn(-c3ccc(OC(F)(F)F)cc3)n2)cc1. The first-order chi connectivity index (χ1) is 22.0. The summed E-state index contributed by atoms with van der Waals surface area (Å²) in [4.78, 5) is 19.4. The lowest BCUT2D eigenvalue weighted by molar-refractivity contribution is -0.274. The number of nitrogens with one attached hydrogen (secondary N) is 2. The van der Waals surface area contributed by atoms with Crippen molar-refractivity contribution in [1.29, 1.82) is 0 Å². The number of alkyl halides is 3. The Morgan fingerprint density at radius 2 is 1.80 bits per heavy atom. The minimum absolute atomic E-state index is 0.146. The third-order valence-corrected chi connectivity index (χ3v) is 8.92. The summed E-state index contributed by atoms with van der Waals surface area (Å²) >= 11 is 1.66. The first kappa shape index (κ1) is 33.1. The first-order valence-electron chi connectivity index (χ1n) is 15.1. The number of thioether (sulfide) groups is 1. The van der Waals surface area contributed by atoms with Crippen LogP contribution in [-0.2, 0) is 0 Å². The van der Waals surface area contributed by atoms with Crippen molar-refractivity contribution in [2.45, 2.75) is 57.3 Å². The van der Waals surface area contributed by atoms with Gasteiger partial charge in [-0.1, -0.05) is 45.0 Å². The monoisotopic (exact) mass is 656 g/mol. The van der Waals surface area contributed by atoms with Gasteiger partial charge >= 0.3 is 12.4 Å². The zero-order valence-corrected chi connectivity index (χ0v) is 26.5. The molecule has 13 heteroatoms. The number of halogens is 4. The van der Waals surface area contributed by atoms with Gasteiger partial charge in [-0.15, -0.1) is 30.0 Å². The molecule has 2 atom stereocenters. The molecule has 1 aromatic heterocycles. The molecule has 2 unspecified atom stereocenters. The van der Waals surface area contributed by atoms with Crippen LogP contribution in [0.4, 0.5) is 28.0 Å². The van der Waals surface area contributed by atoms with E-state index in [0.717, 1.165) is 47.5 Å². The van der Waals surface area contributed by atoms with Crippen LogP contribution in [0.5, 0.6) is 5.75 Å². The standard InChI is InChI=1S/C33H36F4N6O2S/c1-21(2)28-19-25(34)9-14-29(28)42-17-4-18-46-32(42)40-31(44)38-16-15-22(3)23-5-7-24(8-6-23)30-39-20-43(41-30)26-10-12-27(13-11-26)45-33(35,36)37/h5-14,19-22,32H,4,15-18H2,1-3H3,(H2,38,40,44). The lowest BCUT2D eigenvalue weighted by Gasteiger charge is -2.38. The molecule has 3 aromatic carbocycles. The lowest BCUT2D eigenvalue weighted by atomic mass is 9.96. The van der Waals surface area contributed by atoms with Crippen LogP contribution >= 0.6 is 11.8 Å². The summed E-state index contributed by atoms with van der Waals surface area (Å²) in [5.41, 5.74) is 4.05. The molecular weight excluding hydrogens is 620 g/mol. The van der Waals surface area contributed by atoms with Crippen LogP contribution in [0.2, 0.25) is 0 Å². The zero-order chi connectivity index (χ0) is 32.8. The number of aromatic nitrogens is 3. The summed E-state index contributed by atoms with van der Waals surface area (Å²) in [5.74, 6) is 1.15. The fraction of sp³-hybridized carbons (Fsp3) is 0.364. The molecule has 1 aliphatic rings. The number of carbonyl (C=O) groups excluding carboxylic acids is 1. The molecule has 2 heterocycles. The van der Waals surface area contributed by atoms with E-state index in [2.05, 4.69) is 37.3 Å². The zero-order valence-electron chi connectivity index (χ0n) is 25.7. The predicted molar refractivity (Wildman–Crippen MR) is 172 cm³/mol. The normalized spacial score (nSPS) is 15.9. The molecule has 0 bridgehead atoms. The smallest absolute Gasteiger partial charge is 0.406 e. The van der Waals surface area contributed by atoms with Gasteiger partial charge < -0.3 is 20.3 Å². The summed E-state index contributed by atoms with van der Waals surface area (Å²) in [6, 6.07) is 17.8. The minimum Gasteiger partial charge on any atom is -0.406 e. The Kier molecular flexibility index (Phi) is 10.4. The molecule has 5 rings (SSSR count). The highest BCUT2D eigenvalue weighted by Crippen LogP contribution is 2.34. The Hall–Kier alpha value is -4.26. The molecular formula is C33H36F4N6O2S. The molecule has 0 radical (unpaired) electrons. The quantitative estimate of drug-likeness (QED) is 0.170. The predicted octanol–water partition coefficient (Wildman–Crippen LogP) is 7.82. The highest BCUT2D eigenvalue weighted by Gasteiger charge is 2.31. The van der Waals surface area contributed by atoms with Crippen molar-refractivity contribution < 1.29 is 27.1 Å². The number of amides is 2. The summed E-state index contributed by atoms with van der Waals surface area (Å²) in [7, 11) is 0. The van der Waals surface area contributed by atoms with Crippen molar-refractivity contribution >= 4 is 23.5 Å². The number of nitrogens with zero attached hydrogens (tertiary/aromatic N) is 4. The number of hydrogen-bond donors (Lipinski definition) is 2. The maximum absolute atomic E-state index is 14.0. The van der Waals surface area contributed by atoms with Crippen LogP contribution in [-0.4, -0.2) is 51.5 Å². The van der Waals surface area contributed by atoms with E-state index in [9.17, 15) is 22.4 Å². The molecule has 46 heavy (non-hydrogen) atoms. The molecule has 244 valence electrons. The van der Waals surface area contributed by atoms with E-state index in [1.54, 1.807) is 23.9 Å². The van der Waals surface area contributed by atoms with E-state index in [1.807, 2.05) is 38.1 Å². The summed E-state index contributed by atoms with van der Waals surface area (Å²) < 4.78 is 56.6. The Morgan fingerprint density at radius 3 is 2.50 bits per heavy atom. The average Bonchev–Trinajstić information content (AvgIpc) is 3.51. The largest absolute Gasteiger partial charge is 0.573 e. The van der Waals surface area contributed by atoms with Crippen molar-refractivity contribution in [2.75, 3.05) is 23.7 Å².